The van der Waals surface area contributed by atoms with E-state index in [0.717, 1.165) is 50.9 Å². The Morgan fingerprint density at radius 3 is 2.36 bits per heavy atom. The van der Waals surface area contributed by atoms with E-state index in [1.165, 1.54) is 0 Å². The van der Waals surface area contributed by atoms with Crippen LogP contribution in [0.3, 0.4) is 0 Å². The zero-order chi connectivity index (χ0) is 16.9. The monoisotopic (exact) mass is 365 g/mol. The second-order valence-corrected chi connectivity index (χ2v) is 7.00. The molecule has 1 unspecified atom stereocenters. The molecule has 2 saturated heterocycles. The molecule has 0 saturated carbocycles. The number of hydrogen-bond donors (Lipinski definition) is 1. The molecule has 2 fully saturated rings. The number of piperidine rings is 2. The Morgan fingerprint density at radius 1 is 1.00 bits per heavy atom. The molecule has 25 heavy (non-hydrogen) atoms. The first-order valence-corrected chi connectivity index (χ1v) is 8.99. The molecule has 0 bridgehead atoms. The van der Waals surface area contributed by atoms with Gasteiger partial charge in [-0.05, 0) is 31.2 Å². The highest BCUT2D eigenvalue weighted by Crippen LogP contribution is 2.21. The zero-order valence-electron chi connectivity index (χ0n) is 14.6. The lowest BCUT2D eigenvalue weighted by molar-refractivity contribution is -0.141. The number of rotatable bonds is 3. The second-order valence-electron chi connectivity index (χ2n) is 7.00. The maximum absolute atomic E-state index is 12.7. The fourth-order valence-electron chi connectivity index (χ4n) is 3.67. The van der Waals surface area contributed by atoms with Crippen LogP contribution in [0.25, 0.3) is 0 Å². The van der Waals surface area contributed by atoms with Crippen LogP contribution in [0.1, 0.15) is 31.2 Å². The number of carbonyl (C=O) groups is 2. The summed E-state index contributed by atoms with van der Waals surface area (Å²) in [5, 5.41) is 0. The van der Waals surface area contributed by atoms with Gasteiger partial charge in [0.2, 0.25) is 11.8 Å². The summed E-state index contributed by atoms with van der Waals surface area (Å²) in [5.41, 5.74) is 6.95. The van der Waals surface area contributed by atoms with Crippen molar-refractivity contribution in [2.75, 3.05) is 26.2 Å². The van der Waals surface area contributed by atoms with E-state index in [4.69, 9.17) is 5.73 Å². The normalized spacial score (nSPS) is 21.6. The molecule has 0 radical (unpaired) electrons. The second kappa shape index (κ2) is 9.20. The highest BCUT2D eigenvalue weighted by molar-refractivity contribution is 5.85. The van der Waals surface area contributed by atoms with Crippen molar-refractivity contribution in [1.82, 2.24) is 9.80 Å². The fraction of sp³-hybridized carbons (Fsp3) is 0.579. The molecule has 0 aromatic heterocycles. The molecule has 2 aliphatic rings. The van der Waals surface area contributed by atoms with Gasteiger partial charge >= 0.3 is 0 Å². The van der Waals surface area contributed by atoms with Crippen molar-refractivity contribution in [3.05, 3.63) is 35.9 Å². The van der Waals surface area contributed by atoms with Gasteiger partial charge in [-0.15, -0.1) is 12.4 Å². The highest BCUT2D eigenvalue weighted by Gasteiger charge is 2.32. The van der Waals surface area contributed by atoms with Crippen molar-refractivity contribution in [1.29, 1.82) is 0 Å². The summed E-state index contributed by atoms with van der Waals surface area (Å²) < 4.78 is 0. The van der Waals surface area contributed by atoms with E-state index in [0.29, 0.717) is 13.0 Å². The van der Waals surface area contributed by atoms with E-state index in [9.17, 15) is 9.59 Å². The quantitative estimate of drug-likeness (QED) is 0.888. The van der Waals surface area contributed by atoms with Crippen molar-refractivity contribution < 1.29 is 9.59 Å². The Bertz CT molecular complexity index is 573. The molecule has 2 amide bonds. The Labute approximate surface area is 155 Å². The summed E-state index contributed by atoms with van der Waals surface area (Å²) in [4.78, 5) is 29.1. The molecule has 0 spiro atoms. The van der Waals surface area contributed by atoms with Crippen LogP contribution in [0.4, 0.5) is 0 Å². The van der Waals surface area contributed by atoms with Gasteiger partial charge in [0.05, 0.1) is 12.3 Å². The number of likely N-dealkylation sites (tertiary alicyclic amines) is 2. The number of hydrogen-bond acceptors (Lipinski definition) is 3. The summed E-state index contributed by atoms with van der Waals surface area (Å²) in [6.45, 7) is 2.84. The van der Waals surface area contributed by atoms with E-state index in [-0.39, 0.29) is 36.2 Å². The standard InChI is InChI=1S/C19H27N3O2.ClH/c20-17-8-11-21(12-9-17)19(24)16-7-4-10-22(14-16)18(23)13-15-5-2-1-3-6-15;/h1-3,5-6,16-17H,4,7-14,20H2;1H. The molecule has 5 nitrogen and oxygen atoms in total. The van der Waals surface area contributed by atoms with Crippen LogP contribution >= 0.6 is 12.4 Å². The van der Waals surface area contributed by atoms with E-state index in [1.807, 2.05) is 40.1 Å². The molecular formula is C19H28ClN3O2. The maximum atomic E-state index is 12.7. The van der Waals surface area contributed by atoms with Gasteiger partial charge in [0.1, 0.15) is 0 Å². The number of carbonyl (C=O) groups excluding carboxylic acids is 2. The Kier molecular flexibility index (Phi) is 7.26. The molecule has 1 aromatic rings. The van der Waals surface area contributed by atoms with Gasteiger partial charge in [-0.25, -0.2) is 0 Å². The average molecular weight is 366 g/mol. The third-order valence-electron chi connectivity index (χ3n) is 5.17. The highest BCUT2D eigenvalue weighted by atomic mass is 35.5. The number of amides is 2. The molecule has 6 heteroatoms. The molecule has 1 aromatic carbocycles. The van der Waals surface area contributed by atoms with Crippen molar-refractivity contribution in [2.24, 2.45) is 11.7 Å². The lowest BCUT2D eigenvalue weighted by Gasteiger charge is -2.37. The van der Waals surface area contributed by atoms with Gasteiger partial charge < -0.3 is 15.5 Å². The van der Waals surface area contributed by atoms with Gasteiger partial charge in [-0.3, -0.25) is 9.59 Å². The lowest BCUT2D eigenvalue weighted by atomic mass is 9.94. The summed E-state index contributed by atoms with van der Waals surface area (Å²) in [5.74, 6) is 0.284. The van der Waals surface area contributed by atoms with Crippen LogP contribution in [0, 0.1) is 5.92 Å². The smallest absolute Gasteiger partial charge is 0.227 e. The van der Waals surface area contributed by atoms with E-state index < -0.39 is 0 Å². The average Bonchev–Trinajstić information content (AvgIpc) is 2.63. The molecule has 138 valence electrons. The summed E-state index contributed by atoms with van der Waals surface area (Å²) in [6, 6.07) is 10.0. The number of benzene rings is 1. The van der Waals surface area contributed by atoms with Crippen LogP contribution in [0.5, 0.6) is 0 Å². The van der Waals surface area contributed by atoms with Gasteiger partial charge in [-0.2, -0.15) is 0 Å². The topological polar surface area (TPSA) is 66.6 Å². The number of nitrogens with zero attached hydrogens (tertiary/aromatic N) is 2. The van der Waals surface area contributed by atoms with Crippen LogP contribution < -0.4 is 5.73 Å². The van der Waals surface area contributed by atoms with E-state index in [1.54, 1.807) is 0 Å². The van der Waals surface area contributed by atoms with Gasteiger partial charge in [0, 0.05) is 32.2 Å². The minimum Gasteiger partial charge on any atom is -0.342 e. The third kappa shape index (κ3) is 5.19. The Hall–Kier alpha value is -1.59. The summed E-state index contributed by atoms with van der Waals surface area (Å²) >= 11 is 0. The Morgan fingerprint density at radius 2 is 1.68 bits per heavy atom. The lowest BCUT2D eigenvalue weighted by Crippen LogP contribution is -2.50. The van der Waals surface area contributed by atoms with Crippen LogP contribution in [0.15, 0.2) is 30.3 Å². The SMILES string of the molecule is Cl.NC1CCN(C(=O)C2CCCN(C(=O)Cc3ccccc3)C2)CC1. The largest absolute Gasteiger partial charge is 0.342 e. The Balaban J connectivity index is 0.00000225. The first-order chi connectivity index (χ1) is 11.6. The van der Waals surface area contributed by atoms with Crippen molar-refractivity contribution >= 4 is 24.2 Å². The molecule has 0 aliphatic carbocycles. The number of nitrogens with two attached hydrogens (primary N) is 1. The van der Waals surface area contributed by atoms with Gasteiger partial charge in [0.15, 0.2) is 0 Å². The molecular weight excluding hydrogens is 338 g/mol. The van der Waals surface area contributed by atoms with Crippen LogP contribution in [-0.4, -0.2) is 53.8 Å². The molecule has 2 N–H and O–H groups in total. The van der Waals surface area contributed by atoms with E-state index >= 15 is 0 Å². The minimum absolute atomic E-state index is 0. The van der Waals surface area contributed by atoms with Crippen LogP contribution in [-0.2, 0) is 16.0 Å². The fourth-order valence-corrected chi connectivity index (χ4v) is 3.67. The third-order valence-corrected chi connectivity index (χ3v) is 5.17. The molecule has 1 atom stereocenters. The van der Waals surface area contributed by atoms with Crippen molar-refractivity contribution in [2.45, 2.75) is 38.1 Å². The van der Waals surface area contributed by atoms with E-state index in [2.05, 4.69) is 0 Å². The first-order valence-electron chi connectivity index (χ1n) is 8.99. The summed E-state index contributed by atoms with van der Waals surface area (Å²) in [7, 11) is 0. The van der Waals surface area contributed by atoms with Crippen molar-refractivity contribution in [3.63, 3.8) is 0 Å². The predicted octanol–water partition coefficient (Wildman–Crippen LogP) is 1.84. The first kappa shape index (κ1) is 19.7. The van der Waals surface area contributed by atoms with Gasteiger partial charge in [-0.1, -0.05) is 30.3 Å². The zero-order valence-corrected chi connectivity index (χ0v) is 15.4. The van der Waals surface area contributed by atoms with Crippen LogP contribution in [0.2, 0.25) is 0 Å². The summed E-state index contributed by atoms with van der Waals surface area (Å²) in [6.07, 6.45) is 3.98. The van der Waals surface area contributed by atoms with Crippen molar-refractivity contribution in [3.8, 4) is 0 Å². The predicted molar refractivity (Wildman–Crippen MR) is 100 cm³/mol. The molecule has 2 heterocycles. The number of halogens is 1. The minimum atomic E-state index is -0.0483. The van der Waals surface area contributed by atoms with Gasteiger partial charge in [0.25, 0.3) is 0 Å². The molecule has 2 aliphatic heterocycles. The molecule has 3 rings (SSSR count). The maximum Gasteiger partial charge on any atom is 0.227 e.